The fourth-order valence-electron chi connectivity index (χ4n) is 10.5. The van der Waals surface area contributed by atoms with Gasteiger partial charge in [-0.15, -0.1) is 0 Å². The summed E-state index contributed by atoms with van der Waals surface area (Å²) in [6, 6.07) is 30.7. The van der Waals surface area contributed by atoms with Crippen LogP contribution in [0.15, 0.2) is 78.9 Å². The first kappa shape index (κ1) is 18.4. The molecule has 10 heterocycles. The van der Waals surface area contributed by atoms with Gasteiger partial charge in [-0.3, -0.25) is 0 Å². The van der Waals surface area contributed by atoms with Gasteiger partial charge in [0.1, 0.15) is 0 Å². The van der Waals surface area contributed by atoms with Crippen LogP contribution in [0.1, 0.15) is 0 Å². The van der Waals surface area contributed by atoms with Crippen molar-refractivity contribution in [2.24, 2.45) is 0 Å². The molecule has 14 rings (SSSR count). The van der Waals surface area contributed by atoms with E-state index in [1.165, 1.54) is 49.6 Å². The standard InChI is InChI=1S/C24H14B9N2P2/c1-3-9-17-14(6-1)15-8-5-11-20-23(15)28(17)18-12-13-21(22-16-7-2-4-10-19(16)35(20)24(18)22)36(29-25-30(36)33(29)36)34-37-26-31(37)32(37)27-37/h1-13,34H/q-2. The fourth-order valence-corrected chi connectivity index (χ4v) is 29.9. The molecule has 0 aliphatic carbocycles. The van der Waals surface area contributed by atoms with Gasteiger partial charge in [-0.1, -0.05) is 0 Å². The molecule has 1 spiro atoms. The molecule has 4 aromatic carbocycles. The Kier molecular flexibility index (Phi) is 2.34. The summed E-state index contributed by atoms with van der Waals surface area (Å²) < 4.78 is 2.65. The predicted octanol–water partition coefficient (Wildman–Crippen LogP) is 0.949. The number of fused-ring (bicyclic) bond motifs is 9. The van der Waals surface area contributed by atoms with E-state index >= 15 is 0 Å². The van der Waals surface area contributed by atoms with E-state index in [2.05, 4.69) is 104 Å². The van der Waals surface area contributed by atoms with Crippen molar-refractivity contribution in [3.8, 4) is 16.8 Å². The Bertz CT molecular complexity index is 2090. The van der Waals surface area contributed by atoms with E-state index in [9.17, 15) is 0 Å². The van der Waals surface area contributed by atoms with E-state index in [4.69, 9.17) is 4.86 Å². The first-order valence-corrected chi connectivity index (χ1v) is 18.9. The summed E-state index contributed by atoms with van der Waals surface area (Å²) >= 11 is 0. The second kappa shape index (κ2) is 4.70. The Morgan fingerprint density at radius 3 is 2.41 bits per heavy atom. The predicted molar refractivity (Wildman–Crippen MR) is 174 cm³/mol. The molecule has 2 bridgehead atoms. The minimum atomic E-state index is -2.02. The van der Waals surface area contributed by atoms with Crippen molar-refractivity contribution in [3.05, 3.63) is 78.9 Å². The number of aromatic nitrogens is 1. The SMILES string of the molecule is [B]1B2B3[B-]P123NP12(c3ccc4c5c3c3ccccc3n5-c3cccc5c3B4c3ccccc3-5)B3[B-]B1B32. The zero-order valence-corrected chi connectivity index (χ0v) is 21.8. The summed E-state index contributed by atoms with van der Waals surface area (Å²) in [5.41, 5.74) is 11.6. The second-order valence-electron chi connectivity index (χ2n) is 13.3. The molecular formula is C24H14B9N2P2-2. The molecule has 0 atom stereocenters. The van der Waals surface area contributed by atoms with E-state index in [-0.39, 0.29) is 0 Å². The third-order valence-electron chi connectivity index (χ3n) is 12.5. The molecular weight excluding hydrogens is 476 g/mol. The van der Waals surface area contributed by atoms with Gasteiger partial charge in [-0.2, -0.15) is 0 Å². The zero-order chi connectivity index (χ0) is 23.3. The summed E-state index contributed by atoms with van der Waals surface area (Å²) in [7, 11) is 2.71. The van der Waals surface area contributed by atoms with Crippen molar-refractivity contribution >= 4 is 115 Å². The average Bonchev–Trinajstić information content (AvgIpc) is 3.85. The van der Waals surface area contributed by atoms with Gasteiger partial charge in [0.2, 0.25) is 0 Å². The normalized spacial score (nSPS) is 27.4. The van der Waals surface area contributed by atoms with Gasteiger partial charge in [0.05, 0.1) is 0 Å². The third kappa shape index (κ3) is 1.42. The molecule has 5 radical (unpaired) electrons. The van der Waals surface area contributed by atoms with Crippen molar-refractivity contribution in [2.45, 2.75) is 0 Å². The number of benzene rings is 4. The molecule has 0 unspecified atom stereocenters. The van der Waals surface area contributed by atoms with Gasteiger partial charge < -0.3 is 0 Å². The molecule has 7 fully saturated rings. The first-order chi connectivity index (χ1) is 18.2. The molecule has 9 aliphatic rings. The van der Waals surface area contributed by atoms with Gasteiger partial charge in [-0.25, -0.2) is 0 Å². The van der Waals surface area contributed by atoms with Crippen LogP contribution in [0.25, 0.3) is 38.6 Å². The van der Waals surface area contributed by atoms with Crippen LogP contribution in [0.2, 0.25) is 0 Å². The van der Waals surface area contributed by atoms with Crippen molar-refractivity contribution in [1.82, 2.24) is 9.42 Å². The Morgan fingerprint density at radius 1 is 0.811 bits per heavy atom. The van der Waals surface area contributed by atoms with E-state index in [1.54, 1.807) is 10.7 Å². The number of hydrogen-bond donors (Lipinski definition) is 1. The van der Waals surface area contributed by atoms with Crippen molar-refractivity contribution < 1.29 is 0 Å². The van der Waals surface area contributed by atoms with Crippen LogP contribution in [0.3, 0.4) is 0 Å². The maximum absolute atomic E-state index is 4.71. The van der Waals surface area contributed by atoms with E-state index in [0.717, 1.165) is 31.1 Å². The quantitative estimate of drug-likeness (QED) is 0.289. The molecule has 0 amide bonds. The summed E-state index contributed by atoms with van der Waals surface area (Å²) in [5, 5.41) is 4.82. The third-order valence-corrected chi connectivity index (χ3v) is 26.9. The van der Waals surface area contributed by atoms with E-state index < -0.39 is 12.7 Å². The Hall–Kier alpha value is -1.92. The molecule has 7 saturated heterocycles. The molecule has 5 aromatic rings. The van der Waals surface area contributed by atoms with Crippen LogP contribution in [-0.2, 0) is 0 Å². The van der Waals surface area contributed by atoms with E-state index in [0.29, 0.717) is 6.71 Å². The maximum atomic E-state index is 4.71. The molecule has 159 valence electrons. The van der Waals surface area contributed by atoms with Crippen molar-refractivity contribution in [2.75, 3.05) is 0 Å². The van der Waals surface area contributed by atoms with E-state index in [1.807, 2.05) is 0 Å². The van der Waals surface area contributed by atoms with Crippen molar-refractivity contribution in [1.29, 1.82) is 0 Å². The Labute approximate surface area is 219 Å². The van der Waals surface area contributed by atoms with Crippen LogP contribution >= 0.6 is 12.7 Å². The number of rotatable bonds is 3. The number of hydrogen-bond acceptors (Lipinski definition) is 1. The summed E-state index contributed by atoms with van der Waals surface area (Å²) in [6.45, 7) is 5.86. The average molecular weight is 490 g/mol. The van der Waals surface area contributed by atoms with Gasteiger partial charge in [0, 0.05) is 0 Å². The summed E-state index contributed by atoms with van der Waals surface area (Å²) in [4.78, 5) is 4.71. The van der Waals surface area contributed by atoms with Crippen molar-refractivity contribution in [3.63, 3.8) is 0 Å². The summed E-state index contributed by atoms with van der Waals surface area (Å²) in [6.07, 6.45) is 1.07. The first-order valence-electron chi connectivity index (χ1n) is 13.9. The summed E-state index contributed by atoms with van der Waals surface area (Å²) in [5.74, 6) is 0. The second-order valence-corrected chi connectivity index (χ2v) is 23.6. The van der Waals surface area contributed by atoms with Crippen LogP contribution in [0.5, 0.6) is 0 Å². The number of para-hydroxylation sites is 1. The number of nitrogens with one attached hydrogen (secondary N) is 1. The molecule has 0 saturated carbocycles. The van der Waals surface area contributed by atoms with Crippen LogP contribution < -0.4 is 26.6 Å². The molecule has 2 nitrogen and oxygen atoms in total. The van der Waals surface area contributed by atoms with Gasteiger partial charge in [0.25, 0.3) is 0 Å². The Morgan fingerprint density at radius 2 is 1.62 bits per heavy atom. The monoisotopic (exact) mass is 491 g/mol. The van der Waals surface area contributed by atoms with Crippen LogP contribution in [0.4, 0.5) is 0 Å². The van der Waals surface area contributed by atoms with Crippen LogP contribution in [-0.4, -0.2) is 63.2 Å². The number of nitrogens with zero attached hydrogens (tertiary/aromatic N) is 1. The fraction of sp³-hybridized carbons (Fsp3) is 0. The molecule has 37 heavy (non-hydrogen) atoms. The van der Waals surface area contributed by atoms with Gasteiger partial charge in [-0.05, 0) is 0 Å². The Balaban J connectivity index is 1.20. The molecule has 13 heteroatoms. The van der Waals surface area contributed by atoms with Crippen LogP contribution in [0, 0.1) is 0 Å². The minimum absolute atomic E-state index is 0.338. The molecule has 1 aromatic heterocycles. The topological polar surface area (TPSA) is 17.0 Å². The zero-order valence-electron chi connectivity index (χ0n) is 20.0. The molecule has 1 N–H and O–H groups in total. The van der Waals surface area contributed by atoms with Gasteiger partial charge in [0.15, 0.2) is 0 Å². The molecule has 9 aliphatic heterocycles. The van der Waals surface area contributed by atoms with Gasteiger partial charge >= 0.3 is 220 Å².